The Hall–Kier alpha value is -2.36. The molecule has 0 saturated carbocycles. The second-order valence-corrected chi connectivity index (χ2v) is 5.79. The van der Waals surface area contributed by atoms with E-state index in [1.807, 2.05) is 41.9 Å². The Morgan fingerprint density at radius 1 is 1.48 bits per heavy atom. The fourth-order valence-electron chi connectivity index (χ4n) is 3.10. The fourth-order valence-corrected chi connectivity index (χ4v) is 3.10. The van der Waals surface area contributed by atoms with E-state index in [0.717, 1.165) is 11.1 Å². The number of aromatic nitrogens is 1. The number of pyridine rings is 1. The van der Waals surface area contributed by atoms with E-state index < -0.39 is 6.10 Å². The summed E-state index contributed by atoms with van der Waals surface area (Å²) in [4.78, 5) is 13.9. The molecule has 2 aromatic rings. The van der Waals surface area contributed by atoms with Gasteiger partial charge in [-0.25, -0.2) is 4.79 Å². The van der Waals surface area contributed by atoms with Crippen molar-refractivity contribution in [1.82, 2.24) is 9.30 Å². The van der Waals surface area contributed by atoms with Gasteiger partial charge in [-0.3, -0.25) is 4.90 Å². The Balaban J connectivity index is 1.84. The molecule has 0 spiro atoms. The topological polar surface area (TPSA) is 67.0 Å². The number of carbonyl (C=O) groups is 1. The van der Waals surface area contributed by atoms with Gasteiger partial charge < -0.3 is 13.9 Å². The third kappa shape index (κ3) is 3.07. The number of methoxy groups -OCH3 is 1. The van der Waals surface area contributed by atoms with Gasteiger partial charge in [-0.2, -0.15) is 5.26 Å². The summed E-state index contributed by atoms with van der Waals surface area (Å²) in [7, 11) is 1.36. The smallest absolute Gasteiger partial charge is 0.336 e. The van der Waals surface area contributed by atoms with Gasteiger partial charge in [0, 0.05) is 37.6 Å². The largest absolute Gasteiger partial charge is 0.467 e. The molecule has 2 aromatic heterocycles. The molecule has 0 bridgehead atoms. The summed E-state index contributed by atoms with van der Waals surface area (Å²) in [5.74, 6) is -0.357. The van der Waals surface area contributed by atoms with E-state index in [4.69, 9.17) is 9.47 Å². The van der Waals surface area contributed by atoms with Crippen molar-refractivity contribution in [2.75, 3.05) is 20.2 Å². The zero-order valence-electron chi connectivity index (χ0n) is 13.2. The molecule has 6 heteroatoms. The number of ether oxygens (including phenoxy) is 2. The number of rotatable bonds is 3. The molecule has 1 saturated heterocycles. The minimum absolute atomic E-state index is 0.0598. The third-order valence-electron chi connectivity index (χ3n) is 4.07. The van der Waals surface area contributed by atoms with E-state index in [9.17, 15) is 10.1 Å². The molecule has 3 heterocycles. The number of fused-ring (bicyclic) bond motifs is 1. The first-order valence-corrected chi connectivity index (χ1v) is 7.56. The van der Waals surface area contributed by atoms with E-state index in [1.54, 1.807) is 0 Å². The zero-order chi connectivity index (χ0) is 16.4. The highest BCUT2D eigenvalue weighted by Gasteiger charge is 2.31. The van der Waals surface area contributed by atoms with Gasteiger partial charge in [0.2, 0.25) is 0 Å². The van der Waals surface area contributed by atoms with E-state index in [1.165, 1.54) is 7.11 Å². The molecule has 2 atom stereocenters. The predicted octanol–water partition coefficient (Wildman–Crippen LogP) is 1.57. The number of esters is 1. The van der Waals surface area contributed by atoms with Gasteiger partial charge in [0.1, 0.15) is 6.07 Å². The molecule has 120 valence electrons. The molecule has 0 aliphatic carbocycles. The molecule has 1 aliphatic rings. The molecular formula is C17H19N3O3. The first-order valence-electron chi connectivity index (χ1n) is 7.56. The summed E-state index contributed by atoms with van der Waals surface area (Å²) >= 11 is 0. The highest BCUT2D eigenvalue weighted by atomic mass is 16.6. The molecule has 6 nitrogen and oxygen atoms in total. The summed E-state index contributed by atoms with van der Waals surface area (Å²) < 4.78 is 12.4. The zero-order valence-corrected chi connectivity index (χ0v) is 13.2. The lowest BCUT2D eigenvalue weighted by Crippen LogP contribution is -2.49. The van der Waals surface area contributed by atoms with Crippen molar-refractivity contribution in [3.05, 3.63) is 41.7 Å². The van der Waals surface area contributed by atoms with Crippen LogP contribution in [0.3, 0.4) is 0 Å². The maximum atomic E-state index is 11.7. The first-order chi connectivity index (χ1) is 11.1. The van der Waals surface area contributed by atoms with Crippen LogP contribution in [-0.2, 0) is 20.8 Å². The van der Waals surface area contributed by atoms with Crippen molar-refractivity contribution in [3.8, 4) is 6.07 Å². The van der Waals surface area contributed by atoms with Crippen LogP contribution in [0.25, 0.3) is 5.52 Å². The lowest BCUT2D eigenvalue weighted by Gasteiger charge is -2.35. The molecule has 1 aliphatic heterocycles. The number of hydrogen-bond acceptors (Lipinski definition) is 5. The van der Waals surface area contributed by atoms with E-state index in [2.05, 4.69) is 11.0 Å². The molecule has 0 radical (unpaired) electrons. The SMILES string of the molecule is COC(=O)[C@H]1CN(Cc2cn3ccccc3c2C#N)C[C@@H](C)O1. The highest BCUT2D eigenvalue weighted by molar-refractivity contribution is 5.75. The number of morpholine rings is 1. The van der Waals surface area contributed by atoms with Crippen molar-refractivity contribution in [2.45, 2.75) is 25.7 Å². The van der Waals surface area contributed by atoms with E-state index in [-0.39, 0.29) is 12.1 Å². The summed E-state index contributed by atoms with van der Waals surface area (Å²) in [6, 6.07) is 8.08. The minimum atomic E-state index is -0.577. The van der Waals surface area contributed by atoms with Crippen LogP contribution >= 0.6 is 0 Å². The standard InChI is InChI=1S/C17H19N3O3/c1-12-8-19(11-16(23-12)17(21)22-2)9-13-10-20-6-4-3-5-15(20)14(13)7-18/h3-6,10,12,16H,8-9,11H2,1-2H3/t12-,16-/m1/s1. The first kappa shape index (κ1) is 15.5. The van der Waals surface area contributed by atoms with Gasteiger partial charge in [-0.15, -0.1) is 0 Å². The Morgan fingerprint density at radius 2 is 2.30 bits per heavy atom. The van der Waals surface area contributed by atoms with Gasteiger partial charge in [0.25, 0.3) is 0 Å². The molecule has 0 amide bonds. The van der Waals surface area contributed by atoms with Crippen LogP contribution in [0.15, 0.2) is 30.6 Å². The van der Waals surface area contributed by atoms with Gasteiger partial charge in [-0.1, -0.05) is 6.07 Å². The Morgan fingerprint density at radius 3 is 3.04 bits per heavy atom. The van der Waals surface area contributed by atoms with Crippen molar-refractivity contribution in [1.29, 1.82) is 5.26 Å². The Bertz CT molecular complexity index is 762. The van der Waals surface area contributed by atoms with Crippen LogP contribution < -0.4 is 0 Å². The van der Waals surface area contributed by atoms with Gasteiger partial charge >= 0.3 is 5.97 Å². The van der Waals surface area contributed by atoms with Crippen LogP contribution in [0.1, 0.15) is 18.1 Å². The van der Waals surface area contributed by atoms with Crippen molar-refractivity contribution >= 4 is 11.5 Å². The summed E-state index contributed by atoms with van der Waals surface area (Å²) in [6.45, 7) is 3.72. The maximum absolute atomic E-state index is 11.7. The van der Waals surface area contributed by atoms with Crippen molar-refractivity contribution in [2.24, 2.45) is 0 Å². The monoisotopic (exact) mass is 313 g/mol. The number of carbonyl (C=O) groups excluding carboxylic acids is 1. The molecule has 0 aromatic carbocycles. The number of nitriles is 1. The van der Waals surface area contributed by atoms with Crippen molar-refractivity contribution in [3.63, 3.8) is 0 Å². The lowest BCUT2D eigenvalue weighted by atomic mass is 10.1. The highest BCUT2D eigenvalue weighted by Crippen LogP contribution is 2.21. The van der Waals surface area contributed by atoms with Crippen LogP contribution in [0.5, 0.6) is 0 Å². The third-order valence-corrected chi connectivity index (χ3v) is 4.07. The normalized spacial score (nSPS) is 22.0. The Labute approximate surface area is 134 Å². The summed E-state index contributed by atoms with van der Waals surface area (Å²) in [5.41, 5.74) is 2.53. The van der Waals surface area contributed by atoms with E-state index >= 15 is 0 Å². The van der Waals surface area contributed by atoms with Crippen LogP contribution in [-0.4, -0.2) is 47.7 Å². The molecule has 3 rings (SSSR count). The van der Waals surface area contributed by atoms with Crippen molar-refractivity contribution < 1.29 is 14.3 Å². The minimum Gasteiger partial charge on any atom is -0.467 e. The maximum Gasteiger partial charge on any atom is 0.336 e. The number of nitrogens with zero attached hydrogens (tertiary/aromatic N) is 3. The average molecular weight is 313 g/mol. The van der Waals surface area contributed by atoms with Crippen LogP contribution in [0.4, 0.5) is 0 Å². The van der Waals surface area contributed by atoms with Gasteiger partial charge in [0.05, 0.1) is 24.3 Å². The summed E-state index contributed by atoms with van der Waals surface area (Å²) in [5, 5.41) is 9.48. The van der Waals surface area contributed by atoms with Gasteiger partial charge in [0.15, 0.2) is 6.10 Å². The average Bonchev–Trinajstić information content (AvgIpc) is 2.90. The molecular weight excluding hydrogens is 294 g/mol. The predicted molar refractivity (Wildman–Crippen MR) is 83.7 cm³/mol. The number of hydrogen-bond donors (Lipinski definition) is 0. The summed E-state index contributed by atoms with van der Waals surface area (Å²) in [6.07, 6.45) is 3.27. The second kappa shape index (κ2) is 6.41. The second-order valence-electron chi connectivity index (χ2n) is 5.79. The molecule has 1 fully saturated rings. The fraction of sp³-hybridized carbons (Fsp3) is 0.412. The van der Waals surface area contributed by atoms with Gasteiger partial charge in [-0.05, 0) is 19.1 Å². The van der Waals surface area contributed by atoms with Crippen LogP contribution in [0, 0.1) is 11.3 Å². The molecule has 23 heavy (non-hydrogen) atoms. The molecule has 0 N–H and O–H groups in total. The lowest BCUT2D eigenvalue weighted by molar-refractivity contribution is -0.166. The quantitative estimate of drug-likeness (QED) is 0.805. The molecule has 0 unspecified atom stereocenters. The Kier molecular flexibility index (Phi) is 4.33. The van der Waals surface area contributed by atoms with Crippen LogP contribution in [0.2, 0.25) is 0 Å². The van der Waals surface area contributed by atoms with E-state index in [0.29, 0.717) is 25.2 Å².